The van der Waals surface area contributed by atoms with E-state index < -0.39 is 11.7 Å². The first kappa shape index (κ1) is 26.0. The summed E-state index contributed by atoms with van der Waals surface area (Å²) in [6.45, 7) is 4.91. The van der Waals surface area contributed by atoms with Crippen molar-refractivity contribution >= 4 is 17.2 Å². The topological polar surface area (TPSA) is 53.4 Å². The van der Waals surface area contributed by atoms with Crippen LogP contribution in [0, 0.1) is 13.8 Å². The standard InChI is InChI=1S/C30H27F3N2O2S/c1-18-15-22(16-19(2)27(18)36)26-17-38-28(34-26)21-11-13-35(14-12-21)29(37)25-6-4-3-5-24(25)20-7-9-23(10-8-20)30(31,32)33/h3-10,15-17,21,36H,11-14H2,1-2H3. The van der Waals surface area contributed by atoms with Crippen LogP contribution in [0.2, 0.25) is 0 Å². The highest BCUT2D eigenvalue weighted by atomic mass is 32.1. The van der Waals surface area contributed by atoms with Gasteiger partial charge in [-0.25, -0.2) is 4.98 Å². The van der Waals surface area contributed by atoms with Gasteiger partial charge in [0.05, 0.1) is 16.3 Å². The van der Waals surface area contributed by atoms with E-state index in [2.05, 4.69) is 0 Å². The Bertz CT molecular complexity index is 1450. The van der Waals surface area contributed by atoms with E-state index in [0.29, 0.717) is 35.5 Å². The summed E-state index contributed by atoms with van der Waals surface area (Å²) in [7, 11) is 0. The van der Waals surface area contributed by atoms with Crippen molar-refractivity contribution in [2.75, 3.05) is 13.1 Å². The van der Waals surface area contributed by atoms with E-state index in [9.17, 15) is 23.1 Å². The van der Waals surface area contributed by atoms with E-state index >= 15 is 0 Å². The van der Waals surface area contributed by atoms with Gasteiger partial charge >= 0.3 is 6.18 Å². The Morgan fingerprint density at radius 1 is 0.974 bits per heavy atom. The number of hydrogen-bond acceptors (Lipinski definition) is 4. The first-order valence-corrected chi connectivity index (χ1v) is 13.3. The third-order valence-electron chi connectivity index (χ3n) is 7.12. The number of likely N-dealkylation sites (tertiary alicyclic amines) is 1. The maximum atomic E-state index is 13.5. The van der Waals surface area contributed by atoms with Crippen molar-refractivity contribution in [3.8, 4) is 28.1 Å². The summed E-state index contributed by atoms with van der Waals surface area (Å²) in [5.74, 6) is 0.442. The Labute approximate surface area is 223 Å². The van der Waals surface area contributed by atoms with E-state index in [0.717, 1.165) is 52.4 Å². The predicted octanol–water partition coefficient (Wildman–Crippen LogP) is 7.84. The molecule has 0 aliphatic carbocycles. The number of phenolic OH excluding ortho intramolecular Hbond substituents is 1. The summed E-state index contributed by atoms with van der Waals surface area (Å²) < 4.78 is 39.0. The highest BCUT2D eigenvalue weighted by Gasteiger charge is 2.31. The average molecular weight is 537 g/mol. The number of piperidine rings is 1. The first-order valence-electron chi connectivity index (χ1n) is 12.4. The number of nitrogens with zero attached hydrogens (tertiary/aromatic N) is 2. The Morgan fingerprint density at radius 3 is 2.24 bits per heavy atom. The number of aromatic hydroxyl groups is 1. The van der Waals surface area contributed by atoms with Gasteiger partial charge in [0.1, 0.15) is 5.75 Å². The summed E-state index contributed by atoms with van der Waals surface area (Å²) in [6.07, 6.45) is -2.83. The van der Waals surface area contributed by atoms with E-state index in [-0.39, 0.29) is 11.8 Å². The minimum absolute atomic E-state index is 0.117. The molecule has 2 heterocycles. The van der Waals surface area contributed by atoms with Gasteiger partial charge in [-0.3, -0.25) is 4.79 Å². The number of aryl methyl sites for hydroxylation is 2. The van der Waals surface area contributed by atoms with E-state index in [1.165, 1.54) is 12.1 Å². The summed E-state index contributed by atoms with van der Waals surface area (Å²) in [5.41, 5.74) is 4.47. The molecule has 5 rings (SSSR count). The number of amides is 1. The Morgan fingerprint density at radius 2 is 1.61 bits per heavy atom. The number of phenols is 1. The fourth-order valence-corrected chi connectivity index (χ4v) is 5.97. The molecule has 4 aromatic rings. The smallest absolute Gasteiger partial charge is 0.416 e. The SMILES string of the molecule is Cc1cc(-c2csc(C3CCN(C(=O)c4ccccc4-c4ccc(C(F)(F)F)cc4)CC3)n2)cc(C)c1O. The molecule has 0 bridgehead atoms. The molecule has 196 valence electrons. The van der Waals surface area contributed by atoms with Crippen LogP contribution in [0.3, 0.4) is 0 Å². The molecule has 1 amide bonds. The van der Waals surface area contributed by atoms with Gasteiger partial charge in [-0.2, -0.15) is 13.2 Å². The van der Waals surface area contributed by atoms with Crippen molar-refractivity contribution in [2.45, 2.75) is 38.8 Å². The van der Waals surface area contributed by atoms with Gasteiger partial charge in [0, 0.05) is 35.5 Å². The fraction of sp³-hybridized carbons (Fsp3) is 0.267. The zero-order valence-electron chi connectivity index (χ0n) is 21.0. The lowest BCUT2D eigenvalue weighted by Gasteiger charge is -2.31. The fourth-order valence-electron chi connectivity index (χ4n) is 4.97. The molecule has 1 aliphatic heterocycles. The lowest BCUT2D eigenvalue weighted by Crippen LogP contribution is -2.38. The molecule has 1 aliphatic rings. The molecule has 0 spiro atoms. The number of alkyl halides is 3. The second-order valence-corrected chi connectivity index (χ2v) is 10.6. The maximum absolute atomic E-state index is 13.5. The Balaban J connectivity index is 1.28. The summed E-state index contributed by atoms with van der Waals surface area (Å²) in [4.78, 5) is 20.2. The second kappa shape index (κ2) is 10.3. The molecule has 8 heteroatoms. The molecule has 1 aromatic heterocycles. The van der Waals surface area contributed by atoms with Crippen molar-refractivity contribution in [3.63, 3.8) is 0 Å². The van der Waals surface area contributed by atoms with Gasteiger partial charge in [0.2, 0.25) is 0 Å². The Hall–Kier alpha value is -3.65. The van der Waals surface area contributed by atoms with Gasteiger partial charge < -0.3 is 10.0 Å². The number of halogens is 3. The van der Waals surface area contributed by atoms with Crippen LogP contribution in [-0.2, 0) is 6.18 Å². The van der Waals surface area contributed by atoms with Gasteiger partial charge in [0.25, 0.3) is 5.91 Å². The molecular formula is C30H27F3N2O2S. The minimum atomic E-state index is -4.40. The summed E-state index contributed by atoms with van der Waals surface area (Å²) in [5, 5.41) is 13.2. The largest absolute Gasteiger partial charge is 0.507 e. The van der Waals surface area contributed by atoms with Crippen molar-refractivity contribution in [1.82, 2.24) is 9.88 Å². The van der Waals surface area contributed by atoms with Gasteiger partial charge in [-0.15, -0.1) is 11.3 Å². The van der Waals surface area contributed by atoms with Crippen LogP contribution in [-0.4, -0.2) is 34.0 Å². The molecule has 1 fully saturated rings. The van der Waals surface area contributed by atoms with Crippen molar-refractivity contribution in [1.29, 1.82) is 0 Å². The number of hydrogen-bond donors (Lipinski definition) is 1. The number of benzene rings is 3. The maximum Gasteiger partial charge on any atom is 0.416 e. The zero-order chi connectivity index (χ0) is 27.0. The number of rotatable bonds is 4. The molecule has 1 N–H and O–H groups in total. The first-order chi connectivity index (χ1) is 18.1. The highest BCUT2D eigenvalue weighted by molar-refractivity contribution is 7.10. The molecule has 1 saturated heterocycles. The third kappa shape index (κ3) is 5.18. The summed E-state index contributed by atoms with van der Waals surface area (Å²) >= 11 is 1.62. The molecule has 0 radical (unpaired) electrons. The number of aromatic nitrogens is 1. The predicted molar refractivity (Wildman–Crippen MR) is 143 cm³/mol. The van der Waals surface area contributed by atoms with Crippen LogP contribution < -0.4 is 0 Å². The van der Waals surface area contributed by atoms with Gasteiger partial charge in [-0.1, -0.05) is 30.3 Å². The van der Waals surface area contributed by atoms with Crippen LogP contribution in [0.1, 0.15) is 50.8 Å². The lowest BCUT2D eigenvalue weighted by atomic mass is 9.94. The Kier molecular flexibility index (Phi) is 7.01. The van der Waals surface area contributed by atoms with Crippen molar-refractivity contribution in [2.24, 2.45) is 0 Å². The molecule has 38 heavy (non-hydrogen) atoms. The molecule has 3 aromatic carbocycles. The molecule has 4 nitrogen and oxygen atoms in total. The number of thiazole rings is 1. The summed E-state index contributed by atoms with van der Waals surface area (Å²) in [6, 6.07) is 15.9. The molecule has 0 saturated carbocycles. The highest BCUT2D eigenvalue weighted by Crippen LogP contribution is 2.36. The van der Waals surface area contributed by atoms with Crippen molar-refractivity contribution < 1.29 is 23.1 Å². The van der Waals surface area contributed by atoms with Crippen LogP contribution in [0.25, 0.3) is 22.4 Å². The third-order valence-corrected chi connectivity index (χ3v) is 8.13. The zero-order valence-corrected chi connectivity index (χ0v) is 21.9. The van der Waals surface area contributed by atoms with Crippen LogP contribution in [0.4, 0.5) is 13.2 Å². The quantitative estimate of drug-likeness (QED) is 0.289. The van der Waals surface area contributed by atoms with Crippen LogP contribution in [0.5, 0.6) is 5.75 Å². The molecule has 0 unspecified atom stereocenters. The normalized spacial score (nSPS) is 14.6. The lowest BCUT2D eigenvalue weighted by molar-refractivity contribution is -0.137. The molecular weight excluding hydrogens is 509 g/mol. The monoisotopic (exact) mass is 536 g/mol. The van der Waals surface area contributed by atoms with E-state index in [1.54, 1.807) is 35.6 Å². The van der Waals surface area contributed by atoms with Crippen molar-refractivity contribution in [3.05, 3.63) is 93.3 Å². The number of carbonyl (C=O) groups is 1. The van der Waals surface area contributed by atoms with Gasteiger partial charge in [-0.05, 0) is 79.3 Å². The van der Waals surface area contributed by atoms with Crippen LogP contribution >= 0.6 is 11.3 Å². The number of carbonyl (C=O) groups excluding carboxylic acids is 1. The van der Waals surface area contributed by atoms with Crippen LogP contribution in [0.15, 0.2) is 66.0 Å². The minimum Gasteiger partial charge on any atom is -0.507 e. The molecule has 0 atom stereocenters. The second-order valence-electron chi connectivity index (χ2n) is 9.72. The average Bonchev–Trinajstić information content (AvgIpc) is 3.41. The van der Waals surface area contributed by atoms with E-state index in [4.69, 9.17) is 4.98 Å². The van der Waals surface area contributed by atoms with E-state index in [1.807, 2.05) is 36.3 Å². The van der Waals surface area contributed by atoms with Gasteiger partial charge in [0.15, 0.2) is 0 Å².